The third kappa shape index (κ3) is 11.5. The summed E-state index contributed by atoms with van der Waals surface area (Å²) in [4.78, 5) is 60.5. The molecule has 378 valence electrons. The standard InChI is InChI=1S/C51H80N2O14/c1-17-19-22-53(15)39-23-30(5)61-47(44(39)63-35(10)54)66-51-27-50(51)24-29(4)43(52-67-37(12)56)31(6)38(21-20-28(3)26-60-50)49(14,58)41(18-2)65-46(57)32(7)42(33(51)8)40-25-48(13,59-16)45(34(9)62-40)64-36(11)55/h1,29-34,38-42,44-45,47,58H,3,18-27H2,2,4-16H3/b52-43+/t29-,30?,31?,32?,33+,34?,38?,39?,40?,41?,42-,44-,45+,47?,48-,49+,50?,51?/m1/s1. The van der Waals surface area contributed by atoms with Crippen LogP contribution >= 0.6 is 0 Å². The van der Waals surface area contributed by atoms with Gasteiger partial charge in [0.1, 0.15) is 28.5 Å². The molecule has 2 bridgehead atoms. The number of oxime groups is 1. The van der Waals surface area contributed by atoms with Crippen LogP contribution in [0.1, 0.15) is 134 Å². The number of likely N-dealkylation sites (N-methyl/N-ethyl adjacent to an activating group) is 1. The highest BCUT2D eigenvalue weighted by atomic mass is 16.7. The van der Waals surface area contributed by atoms with Gasteiger partial charge in [0, 0.05) is 71.4 Å². The number of nitrogens with zero attached hydrogens (tertiary/aromatic N) is 2. The number of terminal acetylenes is 1. The van der Waals surface area contributed by atoms with Gasteiger partial charge in [0.25, 0.3) is 0 Å². The molecule has 1 N–H and O–H groups in total. The highest BCUT2D eigenvalue weighted by molar-refractivity contribution is 5.89. The van der Waals surface area contributed by atoms with Crippen LogP contribution in [-0.2, 0) is 61.9 Å². The van der Waals surface area contributed by atoms with Gasteiger partial charge in [-0.15, -0.1) is 12.3 Å². The maximum atomic E-state index is 15.1. The fraction of sp³-hybridized carbons (Fsp3) is 0.824. The molecule has 11 unspecified atom stereocenters. The molecule has 4 heterocycles. The first-order valence-electron chi connectivity index (χ1n) is 24.3. The summed E-state index contributed by atoms with van der Waals surface area (Å²) < 4.78 is 53.2. The monoisotopic (exact) mass is 945 g/mol. The summed E-state index contributed by atoms with van der Waals surface area (Å²) in [6.07, 6.45) is 3.19. The SMILES string of the molecule is C#CCCN(C)C1CC(C)OC(OC23CC24C[C@@H](C)/C(=N\OC(C)=O)C(C)C(CCC(=C)CO4)[C@](C)(O)C(CC)OC(=O)C(C)[C@@H](C2C[C@@](C)(OC)[C@@H](OC(C)=O)C(C)O2)[C@@H]3C)[C@@H]1OC(C)=O. The van der Waals surface area contributed by atoms with Gasteiger partial charge in [-0.1, -0.05) is 51.9 Å². The summed E-state index contributed by atoms with van der Waals surface area (Å²) in [5.41, 5.74) is -3.74. The Morgan fingerprint density at radius 3 is 2.27 bits per heavy atom. The van der Waals surface area contributed by atoms with Crippen molar-refractivity contribution in [1.82, 2.24) is 4.90 Å². The number of ether oxygens (including phenoxy) is 8. The predicted octanol–water partition coefficient (Wildman–Crippen LogP) is 6.33. The molecule has 1 spiro atoms. The summed E-state index contributed by atoms with van der Waals surface area (Å²) in [5, 5.41) is 17.3. The van der Waals surface area contributed by atoms with Crippen LogP contribution in [-0.4, -0.2) is 138 Å². The lowest BCUT2D eigenvalue weighted by atomic mass is 9.68. The molecule has 0 aromatic heterocycles. The second kappa shape index (κ2) is 21.7. The molecule has 5 aliphatic rings. The van der Waals surface area contributed by atoms with Crippen molar-refractivity contribution in [1.29, 1.82) is 0 Å². The Morgan fingerprint density at radius 2 is 1.67 bits per heavy atom. The summed E-state index contributed by atoms with van der Waals surface area (Å²) in [5.74, 6) is -3.09. The van der Waals surface area contributed by atoms with E-state index in [0.717, 1.165) is 5.57 Å². The first-order valence-corrected chi connectivity index (χ1v) is 24.3. The maximum Gasteiger partial charge on any atom is 0.331 e. The number of carbonyl (C=O) groups is 4. The van der Waals surface area contributed by atoms with Crippen molar-refractivity contribution >= 4 is 29.6 Å². The number of hydrogen-bond donors (Lipinski definition) is 1. The molecule has 67 heavy (non-hydrogen) atoms. The molecule has 4 saturated heterocycles. The second-order valence-electron chi connectivity index (χ2n) is 20.8. The Bertz CT molecular complexity index is 1880. The summed E-state index contributed by atoms with van der Waals surface area (Å²) in [6, 6.07) is -0.343. The van der Waals surface area contributed by atoms with E-state index in [9.17, 15) is 19.5 Å². The van der Waals surface area contributed by atoms with Gasteiger partial charge in [0.2, 0.25) is 0 Å². The molecule has 0 aromatic carbocycles. The van der Waals surface area contributed by atoms with E-state index >= 15 is 4.79 Å². The quantitative estimate of drug-likeness (QED) is 0.0605. The highest BCUT2D eigenvalue weighted by Crippen LogP contribution is 2.65. The lowest BCUT2D eigenvalue weighted by molar-refractivity contribution is -0.301. The Kier molecular flexibility index (Phi) is 17.6. The number of fused-ring (bicyclic) bond motifs is 4. The minimum absolute atomic E-state index is 0.145. The Labute approximate surface area is 398 Å². The van der Waals surface area contributed by atoms with Crippen molar-refractivity contribution in [2.75, 3.05) is 27.3 Å². The van der Waals surface area contributed by atoms with Gasteiger partial charge in [0.15, 0.2) is 18.5 Å². The minimum atomic E-state index is -1.59. The number of rotatable bonds is 11. The number of aliphatic hydroxyl groups is 1. The fourth-order valence-corrected chi connectivity index (χ4v) is 12.3. The average molecular weight is 945 g/mol. The Hall–Kier alpha value is -3.43. The number of hydrogen-bond acceptors (Lipinski definition) is 16. The smallest absolute Gasteiger partial charge is 0.331 e. The van der Waals surface area contributed by atoms with E-state index in [2.05, 4.69) is 22.6 Å². The van der Waals surface area contributed by atoms with Gasteiger partial charge in [-0.05, 0) is 78.7 Å². The molecule has 4 aliphatic heterocycles. The van der Waals surface area contributed by atoms with Crippen LogP contribution in [0.5, 0.6) is 0 Å². The van der Waals surface area contributed by atoms with Gasteiger partial charge in [0.05, 0.1) is 42.6 Å². The molecule has 0 radical (unpaired) electrons. The molecule has 5 fully saturated rings. The molecule has 0 amide bonds. The van der Waals surface area contributed by atoms with Crippen molar-refractivity contribution in [2.24, 2.45) is 40.7 Å². The van der Waals surface area contributed by atoms with E-state index < -0.39 is 119 Å². The van der Waals surface area contributed by atoms with Crippen LogP contribution in [0.4, 0.5) is 0 Å². The van der Waals surface area contributed by atoms with Crippen LogP contribution in [0.3, 0.4) is 0 Å². The van der Waals surface area contributed by atoms with Gasteiger partial charge in [-0.25, -0.2) is 4.79 Å². The van der Waals surface area contributed by atoms with Crippen molar-refractivity contribution in [2.45, 2.75) is 206 Å². The third-order valence-electron chi connectivity index (χ3n) is 15.9. The van der Waals surface area contributed by atoms with Gasteiger partial charge < -0.3 is 47.8 Å². The molecule has 16 heteroatoms. The number of cyclic esters (lactones) is 1. The van der Waals surface area contributed by atoms with Gasteiger partial charge >= 0.3 is 23.9 Å². The number of carbonyl (C=O) groups excluding carboxylic acids is 4. The van der Waals surface area contributed by atoms with Crippen molar-refractivity contribution < 1.29 is 67.0 Å². The van der Waals surface area contributed by atoms with E-state index in [0.29, 0.717) is 50.8 Å². The van der Waals surface area contributed by atoms with Crippen LogP contribution < -0.4 is 0 Å². The normalized spacial score (nSPS) is 43.6. The van der Waals surface area contributed by atoms with E-state index in [4.69, 9.17) is 49.2 Å². The topological polar surface area (TPSA) is 187 Å². The average Bonchev–Trinajstić information content (AvgIpc) is 3.88. The van der Waals surface area contributed by atoms with Crippen LogP contribution in [0.25, 0.3) is 0 Å². The predicted molar refractivity (Wildman–Crippen MR) is 248 cm³/mol. The van der Waals surface area contributed by atoms with E-state index in [1.807, 2.05) is 62.4 Å². The lowest BCUT2D eigenvalue weighted by Gasteiger charge is -2.51. The minimum Gasteiger partial charge on any atom is -0.459 e. The van der Waals surface area contributed by atoms with Crippen LogP contribution in [0.2, 0.25) is 0 Å². The van der Waals surface area contributed by atoms with Crippen LogP contribution in [0.15, 0.2) is 17.3 Å². The molecule has 1 saturated carbocycles. The molecule has 16 nitrogen and oxygen atoms in total. The zero-order valence-electron chi connectivity index (χ0n) is 42.6. The molecule has 18 atom stereocenters. The number of methoxy groups -OCH3 is 1. The van der Waals surface area contributed by atoms with E-state index in [1.54, 1.807) is 14.0 Å². The molecule has 0 aromatic rings. The van der Waals surface area contributed by atoms with Crippen molar-refractivity contribution in [3.8, 4) is 12.3 Å². The Morgan fingerprint density at radius 1 is 1.00 bits per heavy atom. The summed E-state index contributed by atoms with van der Waals surface area (Å²) in [7, 11) is 3.50. The highest BCUT2D eigenvalue weighted by Gasteiger charge is 2.76. The zero-order valence-corrected chi connectivity index (χ0v) is 42.6. The van der Waals surface area contributed by atoms with Crippen LogP contribution in [0, 0.1) is 47.9 Å². The summed E-state index contributed by atoms with van der Waals surface area (Å²) in [6.45, 7) is 26.1. The largest absolute Gasteiger partial charge is 0.459 e. The van der Waals surface area contributed by atoms with Gasteiger partial charge in [-0.3, -0.25) is 19.3 Å². The molecular weight excluding hydrogens is 865 g/mol. The second-order valence-corrected chi connectivity index (χ2v) is 20.8. The lowest BCUT2D eigenvalue weighted by Crippen LogP contribution is -2.62. The Balaban J connectivity index is 1.80. The maximum absolute atomic E-state index is 15.1. The molecule has 5 rings (SSSR count). The molecular formula is C51H80N2O14. The number of esters is 3. The van der Waals surface area contributed by atoms with Crippen molar-refractivity contribution in [3.63, 3.8) is 0 Å². The van der Waals surface area contributed by atoms with Crippen molar-refractivity contribution in [3.05, 3.63) is 12.2 Å². The van der Waals surface area contributed by atoms with E-state index in [1.165, 1.54) is 20.8 Å². The fourth-order valence-electron chi connectivity index (χ4n) is 12.3. The summed E-state index contributed by atoms with van der Waals surface area (Å²) >= 11 is 0. The zero-order chi connectivity index (χ0) is 50.0. The molecule has 1 aliphatic carbocycles. The first kappa shape index (κ1) is 54.5. The van der Waals surface area contributed by atoms with Gasteiger partial charge in [-0.2, -0.15) is 0 Å². The first-order chi connectivity index (χ1) is 31.3. The third-order valence-corrected chi connectivity index (χ3v) is 15.9. The van der Waals surface area contributed by atoms with E-state index in [-0.39, 0.29) is 31.6 Å².